The smallest absolute Gasteiger partial charge is 0.274 e. The van der Waals surface area contributed by atoms with E-state index in [1.165, 1.54) is 0 Å². The van der Waals surface area contributed by atoms with Gasteiger partial charge in [-0.25, -0.2) is 0 Å². The molecule has 5 aliphatic heterocycles. The lowest BCUT2D eigenvalue weighted by Gasteiger charge is -2.40. The van der Waals surface area contributed by atoms with Crippen LogP contribution in [0.4, 0.5) is 22.9 Å². The number of aromatic nitrogens is 2. The van der Waals surface area contributed by atoms with E-state index in [0.717, 1.165) is 120 Å². The maximum Gasteiger partial charge on any atom is 0.274 e. The predicted octanol–water partition coefficient (Wildman–Crippen LogP) is 4.78. The third-order valence-electron chi connectivity index (χ3n) is 12.8. The molecular formula is C42H51ClN10O3. The summed E-state index contributed by atoms with van der Waals surface area (Å²) in [6.07, 6.45) is 6.06. The highest BCUT2D eigenvalue weighted by Crippen LogP contribution is 2.45. The fraction of sp³-hybridized carbons (Fsp3) is 0.524. The Bertz CT molecular complexity index is 1960. The number of rotatable bonds is 8. The maximum atomic E-state index is 13.5. The van der Waals surface area contributed by atoms with Crippen molar-refractivity contribution in [1.82, 2.24) is 25.3 Å². The van der Waals surface area contributed by atoms with Crippen molar-refractivity contribution in [3.8, 4) is 6.07 Å². The molecule has 0 aliphatic carbocycles. The summed E-state index contributed by atoms with van der Waals surface area (Å²) < 4.78 is 0. The van der Waals surface area contributed by atoms with Crippen molar-refractivity contribution < 1.29 is 14.4 Å². The number of anilines is 4. The van der Waals surface area contributed by atoms with Gasteiger partial charge in [-0.2, -0.15) is 5.26 Å². The second-order valence-corrected chi connectivity index (χ2v) is 16.8. The van der Waals surface area contributed by atoms with Crippen LogP contribution in [0.3, 0.4) is 0 Å². The summed E-state index contributed by atoms with van der Waals surface area (Å²) in [7, 11) is 0. The number of halogens is 1. The molecule has 2 atom stereocenters. The molecule has 1 spiro atoms. The fourth-order valence-corrected chi connectivity index (χ4v) is 9.69. The molecule has 0 radical (unpaired) electrons. The van der Waals surface area contributed by atoms with Gasteiger partial charge in [0, 0.05) is 95.0 Å². The minimum absolute atomic E-state index is 0.0361. The molecule has 5 fully saturated rings. The number of piperazine rings is 1. The third kappa shape index (κ3) is 8.27. The van der Waals surface area contributed by atoms with Gasteiger partial charge in [-0.3, -0.25) is 24.6 Å². The highest BCUT2D eigenvalue weighted by Gasteiger charge is 2.44. The molecule has 2 aromatic carbocycles. The van der Waals surface area contributed by atoms with Gasteiger partial charge in [0.1, 0.15) is 12.1 Å². The van der Waals surface area contributed by atoms with Crippen molar-refractivity contribution in [2.24, 2.45) is 11.3 Å². The van der Waals surface area contributed by atoms with E-state index >= 15 is 0 Å². The first-order valence-corrected chi connectivity index (χ1v) is 20.5. The molecule has 13 nitrogen and oxygen atoms in total. The topological polar surface area (TPSA) is 141 Å². The number of nitrogens with one attached hydrogen (secondary N) is 2. The van der Waals surface area contributed by atoms with Gasteiger partial charge in [-0.05, 0) is 105 Å². The van der Waals surface area contributed by atoms with E-state index < -0.39 is 6.04 Å². The Morgan fingerprint density at radius 1 is 0.929 bits per heavy atom. The van der Waals surface area contributed by atoms with E-state index in [1.807, 2.05) is 47.4 Å². The molecule has 6 heterocycles. The van der Waals surface area contributed by atoms with E-state index in [-0.39, 0.29) is 23.1 Å². The van der Waals surface area contributed by atoms with Crippen LogP contribution in [0.25, 0.3) is 0 Å². The molecule has 1 aromatic heterocycles. The first kappa shape index (κ1) is 38.0. The third-order valence-corrected chi connectivity index (χ3v) is 13.1. The standard InChI is InChI=1S/C42H51ClN10O3/c1-29-25-42(28-53(29)34-6-5-31(26-44)35(43)24-34)13-17-51(18-14-42)38-9-7-37(47-48-38)41(56)52-15-11-30(12-16-52)27-49-19-21-50(22-20-49)33-4-2-3-32(23-33)45-36-8-10-39(54)46-40(36)55/h2-7,9,23-24,29-30,36,45H,8,10-22,25,27-28H2,1H3,(H,46,54,55)/t29-,36?/m1/s1. The average Bonchev–Trinajstić information content (AvgIpc) is 3.54. The average molecular weight is 779 g/mol. The SMILES string of the molecule is C[C@@H]1CC2(CCN(c3ccc(C(=O)N4CCC(CN5CCN(c6cccc(NC7CCC(=O)NC7=O)c6)CC5)CC4)nn3)CC2)CN1c1ccc(C#N)c(Cl)c1. The van der Waals surface area contributed by atoms with Gasteiger partial charge in [-0.1, -0.05) is 17.7 Å². The van der Waals surface area contributed by atoms with Crippen LogP contribution in [0, 0.1) is 22.7 Å². The van der Waals surface area contributed by atoms with Crippen LogP contribution >= 0.6 is 11.6 Å². The number of amides is 3. The first-order valence-electron chi connectivity index (χ1n) is 20.2. The number of likely N-dealkylation sites (tertiary alicyclic amines) is 1. The van der Waals surface area contributed by atoms with Crippen molar-refractivity contribution in [2.45, 2.75) is 64.0 Å². The Morgan fingerprint density at radius 2 is 1.71 bits per heavy atom. The molecule has 14 heteroatoms. The van der Waals surface area contributed by atoms with Gasteiger partial charge >= 0.3 is 0 Å². The number of hydrogen-bond acceptors (Lipinski definition) is 11. The van der Waals surface area contributed by atoms with Crippen LogP contribution in [0.15, 0.2) is 54.6 Å². The second kappa shape index (κ2) is 16.3. The van der Waals surface area contributed by atoms with Crippen LogP contribution in [-0.4, -0.2) is 115 Å². The molecule has 0 saturated carbocycles. The van der Waals surface area contributed by atoms with Crippen LogP contribution in [0.2, 0.25) is 5.02 Å². The molecule has 5 aliphatic rings. The van der Waals surface area contributed by atoms with E-state index in [2.05, 4.69) is 65.6 Å². The van der Waals surface area contributed by atoms with Gasteiger partial charge in [0.05, 0.1) is 10.6 Å². The summed E-state index contributed by atoms with van der Waals surface area (Å²) in [6.45, 7) is 11.4. The van der Waals surface area contributed by atoms with E-state index in [0.29, 0.717) is 41.1 Å². The summed E-state index contributed by atoms with van der Waals surface area (Å²) in [4.78, 5) is 48.8. The van der Waals surface area contributed by atoms with Crippen molar-refractivity contribution >= 4 is 52.2 Å². The number of carbonyl (C=O) groups excluding carboxylic acids is 3. The van der Waals surface area contributed by atoms with E-state index in [1.54, 1.807) is 0 Å². The summed E-state index contributed by atoms with van der Waals surface area (Å²) in [5, 5.41) is 24.4. The number of nitrogens with zero attached hydrogens (tertiary/aromatic N) is 8. The van der Waals surface area contributed by atoms with Crippen LogP contribution in [0.5, 0.6) is 0 Å². The molecule has 3 aromatic rings. The van der Waals surface area contributed by atoms with Crippen molar-refractivity contribution in [3.05, 3.63) is 70.9 Å². The molecule has 56 heavy (non-hydrogen) atoms. The quantitative estimate of drug-likeness (QED) is 0.306. The minimum Gasteiger partial charge on any atom is -0.374 e. The van der Waals surface area contributed by atoms with Gasteiger partial charge in [0.25, 0.3) is 5.91 Å². The second-order valence-electron chi connectivity index (χ2n) is 16.4. The van der Waals surface area contributed by atoms with Crippen LogP contribution in [0.1, 0.15) is 67.9 Å². The molecule has 8 rings (SSSR count). The number of carbonyl (C=O) groups is 3. The van der Waals surface area contributed by atoms with Crippen molar-refractivity contribution in [3.63, 3.8) is 0 Å². The largest absolute Gasteiger partial charge is 0.374 e. The number of benzene rings is 2. The molecule has 294 valence electrons. The van der Waals surface area contributed by atoms with Gasteiger partial charge in [0.15, 0.2) is 11.5 Å². The molecule has 3 amide bonds. The lowest BCUT2D eigenvalue weighted by atomic mass is 9.77. The van der Waals surface area contributed by atoms with Crippen LogP contribution in [-0.2, 0) is 9.59 Å². The van der Waals surface area contributed by atoms with Crippen molar-refractivity contribution in [2.75, 3.05) is 85.5 Å². The van der Waals surface area contributed by atoms with Gasteiger partial charge < -0.3 is 24.9 Å². The lowest BCUT2D eigenvalue weighted by molar-refractivity contribution is -0.133. The highest BCUT2D eigenvalue weighted by atomic mass is 35.5. The predicted molar refractivity (Wildman–Crippen MR) is 217 cm³/mol. The van der Waals surface area contributed by atoms with E-state index in [4.69, 9.17) is 11.6 Å². The number of piperidine rings is 3. The Kier molecular flexibility index (Phi) is 11.0. The summed E-state index contributed by atoms with van der Waals surface area (Å²) in [5.41, 5.74) is 4.24. The Labute approximate surface area is 333 Å². The number of nitriles is 1. The van der Waals surface area contributed by atoms with Gasteiger partial charge in [0.2, 0.25) is 11.8 Å². The first-order chi connectivity index (χ1) is 27.1. The summed E-state index contributed by atoms with van der Waals surface area (Å²) >= 11 is 6.37. The normalized spacial score (nSPS) is 23.3. The van der Waals surface area contributed by atoms with E-state index in [9.17, 15) is 19.6 Å². The number of imide groups is 1. The van der Waals surface area contributed by atoms with Crippen LogP contribution < -0.4 is 25.3 Å². The fourth-order valence-electron chi connectivity index (χ4n) is 9.48. The summed E-state index contributed by atoms with van der Waals surface area (Å²) in [6, 6.07) is 19.9. The Hall–Kier alpha value is -4.93. The van der Waals surface area contributed by atoms with Gasteiger partial charge in [-0.15, -0.1) is 10.2 Å². The van der Waals surface area contributed by atoms with Crippen molar-refractivity contribution in [1.29, 1.82) is 5.26 Å². The Balaban J connectivity index is 0.762. The molecular weight excluding hydrogens is 728 g/mol. The molecule has 2 N–H and O–H groups in total. The minimum atomic E-state index is -0.396. The molecule has 0 bridgehead atoms. The zero-order valence-corrected chi connectivity index (χ0v) is 32.9. The molecule has 5 saturated heterocycles. The monoisotopic (exact) mass is 778 g/mol. The lowest BCUT2D eigenvalue weighted by Crippen LogP contribution is -2.49. The number of hydrogen-bond donors (Lipinski definition) is 2. The summed E-state index contributed by atoms with van der Waals surface area (Å²) in [5.74, 6) is 0.875. The molecule has 1 unspecified atom stereocenters. The highest BCUT2D eigenvalue weighted by molar-refractivity contribution is 6.32. The Morgan fingerprint density at radius 3 is 2.41 bits per heavy atom. The zero-order chi connectivity index (χ0) is 38.8. The maximum absolute atomic E-state index is 13.5. The zero-order valence-electron chi connectivity index (χ0n) is 32.1.